The van der Waals surface area contributed by atoms with Crippen LogP contribution >= 0.6 is 11.6 Å². The van der Waals surface area contributed by atoms with Gasteiger partial charge < -0.3 is 19.9 Å². The summed E-state index contributed by atoms with van der Waals surface area (Å²) in [6.07, 6.45) is 6.47. The molecule has 2 aromatic rings. The fourth-order valence-corrected chi connectivity index (χ4v) is 6.68. The van der Waals surface area contributed by atoms with Crippen molar-refractivity contribution in [2.24, 2.45) is 11.8 Å². The van der Waals surface area contributed by atoms with Crippen LogP contribution in [0.3, 0.4) is 0 Å². The normalized spacial score (nSPS) is 31.7. The molecule has 6 rings (SSSR count). The quantitative estimate of drug-likeness (QED) is 0.645. The van der Waals surface area contributed by atoms with Crippen molar-refractivity contribution in [3.63, 3.8) is 0 Å². The summed E-state index contributed by atoms with van der Waals surface area (Å²) in [6.45, 7) is 1.09. The zero-order valence-electron chi connectivity index (χ0n) is 17.5. The molecule has 30 heavy (non-hydrogen) atoms. The van der Waals surface area contributed by atoms with Crippen LogP contribution in [0.5, 0.6) is 11.5 Å². The predicted octanol–water partition coefficient (Wildman–Crippen LogP) is 5.10. The molecular formula is C25H30ClNO3. The van der Waals surface area contributed by atoms with E-state index in [9.17, 15) is 5.11 Å². The molecule has 0 radical (unpaired) electrons. The van der Waals surface area contributed by atoms with Crippen molar-refractivity contribution in [2.45, 2.75) is 62.8 Å². The molecule has 4 aliphatic rings. The van der Waals surface area contributed by atoms with Gasteiger partial charge in [0.2, 0.25) is 0 Å². The van der Waals surface area contributed by atoms with E-state index in [1.54, 1.807) is 7.11 Å². The zero-order chi connectivity index (χ0) is 20.8. The highest BCUT2D eigenvalue weighted by Crippen LogP contribution is 2.57. The van der Waals surface area contributed by atoms with Crippen LogP contribution in [0, 0.1) is 11.8 Å². The van der Waals surface area contributed by atoms with E-state index in [4.69, 9.17) is 21.1 Å². The summed E-state index contributed by atoms with van der Waals surface area (Å²) in [5, 5.41) is 15.6. The Kier molecular flexibility index (Phi) is 5.20. The highest BCUT2D eigenvalue weighted by atomic mass is 35.5. The number of benzene rings is 2. The molecule has 0 aliphatic heterocycles. The smallest absolute Gasteiger partial charge is 0.166 e. The van der Waals surface area contributed by atoms with Gasteiger partial charge in [-0.2, -0.15) is 0 Å². The lowest BCUT2D eigenvalue weighted by atomic mass is 9.51. The van der Waals surface area contributed by atoms with Crippen molar-refractivity contribution in [1.29, 1.82) is 0 Å². The van der Waals surface area contributed by atoms with Gasteiger partial charge >= 0.3 is 0 Å². The van der Waals surface area contributed by atoms with Crippen LogP contribution in [0.4, 0.5) is 0 Å². The minimum Gasteiger partial charge on any atom is -0.493 e. The number of hydrogen-bond acceptors (Lipinski definition) is 4. The number of methoxy groups -OCH3 is 1. The molecule has 4 nitrogen and oxygen atoms in total. The monoisotopic (exact) mass is 427 g/mol. The fourth-order valence-electron chi connectivity index (χ4n) is 6.49. The molecule has 4 bridgehead atoms. The van der Waals surface area contributed by atoms with E-state index in [2.05, 4.69) is 11.4 Å². The summed E-state index contributed by atoms with van der Waals surface area (Å²) < 4.78 is 11.8. The first kappa shape index (κ1) is 20.2. The highest BCUT2D eigenvalue weighted by Gasteiger charge is 2.56. The molecule has 4 aliphatic carbocycles. The van der Waals surface area contributed by atoms with Crippen molar-refractivity contribution < 1.29 is 14.6 Å². The summed E-state index contributed by atoms with van der Waals surface area (Å²) in [5.41, 5.74) is 1.60. The molecular weight excluding hydrogens is 398 g/mol. The molecule has 4 saturated carbocycles. The lowest BCUT2D eigenvalue weighted by molar-refractivity contribution is -0.142. The first-order chi connectivity index (χ1) is 14.5. The van der Waals surface area contributed by atoms with Crippen molar-refractivity contribution in [3.05, 3.63) is 58.6 Å². The Morgan fingerprint density at radius 3 is 2.47 bits per heavy atom. The molecule has 2 atom stereocenters. The molecule has 4 fully saturated rings. The Morgan fingerprint density at radius 1 is 1.03 bits per heavy atom. The van der Waals surface area contributed by atoms with Gasteiger partial charge in [-0.05, 0) is 62.5 Å². The third-order valence-electron chi connectivity index (χ3n) is 7.29. The maximum Gasteiger partial charge on any atom is 0.166 e. The number of aliphatic hydroxyl groups is 1. The first-order valence-corrected chi connectivity index (χ1v) is 11.3. The lowest BCUT2D eigenvalue weighted by Gasteiger charge is -2.60. The molecule has 0 saturated heterocycles. The summed E-state index contributed by atoms with van der Waals surface area (Å²) in [7, 11) is 1.67. The van der Waals surface area contributed by atoms with E-state index < -0.39 is 5.60 Å². The minimum atomic E-state index is -0.463. The Hall–Kier alpha value is -1.75. The number of rotatable bonds is 7. The van der Waals surface area contributed by atoms with Gasteiger partial charge in [-0.15, -0.1) is 0 Å². The zero-order valence-corrected chi connectivity index (χ0v) is 18.3. The largest absolute Gasteiger partial charge is 0.493 e. The van der Waals surface area contributed by atoms with Crippen molar-refractivity contribution >= 4 is 11.6 Å². The van der Waals surface area contributed by atoms with Gasteiger partial charge in [-0.3, -0.25) is 0 Å². The third kappa shape index (κ3) is 3.81. The van der Waals surface area contributed by atoms with Gasteiger partial charge in [0.15, 0.2) is 11.5 Å². The second-order valence-corrected chi connectivity index (χ2v) is 10.1. The summed E-state index contributed by atoms with van der Waals surface area (Å²) >= 11 is 6.31. The number of halogens is 1. The van der Waals surface area contributed by atoms with Crippen LogP contribution in [0.15, 0.2) is 42.5 Å². The van der Waals surface area contributed by atoms with E-state index in [0.717, 1.165) is 41.9 Å². The second-order valence-electron chi connectivity index (χ2n) is 9.65. The standard InChI is InChI=1S/C25H30ClNO3/c1-29-22-8-4-6-19(23(22)30-15-20-5-2-3-7-21(20)26)14-27-24-10-17-9-18(11-24)13-25(28,12-17)16-24/h2-8,17-18,27-28H,9-16H2,1H3. The van der Waals surface area contributed by atoms with Crippen LogP contribution in [0.2, 0.25) is 5.02 Å². The number of ether oxygens (including phenoxy) is 2. The predicted molar refractivity (Wildman–Crippen MR) is 118 cm³/mol. The maximum absolute atomic E-state index is 11.0. The van der Waals surface area contributed by atoms with Gasteiger partial charge in [0.1, 0.15) is 6.61 Å². The topological polar surface area (TPSA) is 50.7 Å². The summed E-state index contributed by atoms with van der Waals surface area (Å²) in [5.74, 6) is 2.80. The number of hydrogen-bond donors (Lipinski definition) is 2. The molecule has 0 amide bonds. The molecule has 160 valence electrons. The highest BCUT2D eigenvalue weighted by molar-refractivity contribution is 6.31. The van der Waals surface area contributed by atoms with Gasteiger partial charge in [0, 0.05) is 28.2 Å². The number of para-hydroxylation sites is 1. The van der Waals surface area contributed by atoms with E-state index in [-0.39, 0.29) is 5.54 Å². The van der Waals surface area contributed by atoms with E-state index in [0.29, 0.717) is 30.0 Å². The van der Waals surface area contributed by atoms with Crippen LogP contribution in [0.1, 0.15) is 49.7 Å². The Bertz CT molecular complexity index is 916. The first-order valence-electron chi connectivity index (χ1n) is 11.0. The fraction of sp³-hybridized carbons (Fsp3) is 0.520. The van der Waals surface area contributed by atoms with Gasteiger partial charge in [-0.25, -0.2) is 0 Å². The van der Waals surface area contributed by atoms with Gasteiger partial charge in [0.05, 0.1) is 12.7 Å². The SMILES string of the molecule is COc1cccc(CNC23CC4CC(CC(O)(C4)C2)C3)c1OCc1ccccc1Cl. The third-order valence-corrected chi connectivity index (χ3v) is 7.66. The van der Waals surface area contributed by atoms with Crippen LogP contribution in [0.25, 0.3) is 0 Å². The Balaban J connectivity index is 1.34. The summed E-state index contributed by atoms with van der Waals surface area (Å²) in [4.78, 5) is 0. The van der Waals surface area contributed by atoms with Crippen LogP contribution in [-0.2, 0) is 13.2 Å². The molecule has 2 aromatic carbocycles. The average Bonchev–Trinajstić information content (AvgIpc) is 2.70. The molecule has 0 heterocycles. The van der Waals surface area contributed by atoms with Crippen molar-refractivity contribution in [1.82, 2.24) is 5.32 Å². The van der Waals surface area contributed by atoms with Crippen molar-refractivity contribution in [2.75, 3.05) is 7.11 Å². The Labute approximate surface area is 183 Å². The Morgan fingerprint density at radius 2 is 1.77 bits per heavy atom. The molecule has 2 unspecified atom stereocenters. The van der Waals surface area contributed by atoms with E-state index >= 15 is 0 Å². The second kappa shape index (κ2) is 7.74. The van der Waals surface area contributed by atoms with Crippen molar-refractivity contribution in [3.8, 4) is 11.5 Å². The number of nitrogens with one attached hydrogen (secondary N) is 1. The maximum atomic E-state index is 11.0. The van der Waals surface area contributed by atoms with E-state index in [1.807, 2.05) is 36.4 Å². The van der Waals surface area contributed by atoms with Crippen LogP contribution in [-0.4, -0.2) is 23.4 Å². The lowest BCUT2D eigenvalue weighted by Crippen LogP contribution is -2.64. The molecule has 2 N–H and O–H groups in total. The molecule has 0 spiro atoms. The summed E-state index contributed by atoms with van der Waals surface area (Å²) in [6, 6.07) is 13.8. The van der Waals surface area contributed by atoms with Gasteiger partial charge in [-0.1, -0.05) is 41.9 Å². The van der Waals surface area contributed by atoms with E-state index in [1.165, 1.54) is 19.3 Å². The molecule has 0 aromatic heterocycles. The average molecular weight is 428 g/mol. The van der Waals surface area contributed by atoms with Crippen LogP contribution < -0.4 is 14.8 Å². The molecule has 5 heteroatoms. The minimum absolute atomic E-state index is 0.0436. The van der Waals surface area contributed by atoms with Gasteiger partial charge in [0.25, 0.3) is 0 Å².